The monoisotopic (exact) mass is 223 g/mol. The van der Waals surface area contributed by atoms with Crippen molar-refractivity contribution in [1.29, 1.82) is 0 Å². The summed E-state index contributed by atoms with van der Waals surface area (Å²) in [6.07, 6.45) is 0.999. The molecule has 15 heavy (non-hydrogen) atoms. The molecule has 2 aromatic rings. The number of hydrogen-bond donors (Lipinski definition) is 1. The van der Waals surface area contributed by atoms with E-state index in [1.54, 1.807) is 0 Å². The fraction of sp³-hybridized carbons (Fsp3) is 0.400. The molecule has 2 N–H and O–H groups in total. The summed E-state index contributed by atoms with van der Waals surface area (Å²) in [6, 6.07) is 1.84. The standard InChI is InChI=1S/C10H13N3OS/c1-3-6(2)9-12-10(14-13-9)8-7(11)4-5-15-8/h4-6H,3,11H2,1-2H3. The van der Waals surface area contributed by atoms with Crippen LogP contribution >= 0.6 is 11.3 Å². The highest BCUT2D eigenvalue weighted by molar-refractivity contribution is 7.14. The lowest BCUT2D eigenvalue weighted by atomic mass is 10.1. The molecule has 0 aliphatic rings. The first-order chi connectivity index (χ1) is 7.22. The molecule has 0 radical (unpaired) electrons. The maximum absolute atomic E-state index is 5.77. The lowest BCUT2D eigenvalue weighted by Crippen LogP contribution is -1.93. The summed E-state index contributed by atoms with van der Waals surface area (Å²) in [5.41, 5.74) is 6.47. The Morgan fingerprint density at radius 1 is 1.60 bits per heavy atom. The Balaban J connectivity index is 2.32. The van der Waals surface area contributed by atoms with Gasteiger partial charge in [0, 0.05) is 5.92 Å². The summed E-state index contributed by atoms with van der Waals surface area (Å²) in [7, 11) is 0. The van der Waals surface area contributed by atoms with Gasteiger partial charge in [-0.2, -0.15) is 4.98 Å². The number of nitrogen functional groups attached to an aromatic ring is 1. The smallest absolute Gasteiger partial charge is 0.270 e. The highest BCUT2D eigenvalue weighted by atomic mass is 32.1. The highest BCUT2D eigenvalue weighted by Crippen LogP contribution is 2.31. The lowest BCUT2D eigenvalue weighted by molar-refractivity contribution is 0.417. The van der Waals surface area contributed by atoms with Crippen molar-refractivity contribution in [2.45, 2.75) is 26.2 Å². The van der Waals surface area contributed by atoms with Crippen molar-refractivity contribution in [2.24, 2.45) is 0 Å². The average Bonchev–Trinajstić information content (AvgIpc) is 2.84. The Labute approximate surface area is 92.1 Å². The molecule has 0 saturated heterocycles. The summed E-state index contributed by atoms with van der Waals surface area (Å²) >= 11 is 1.51. The summed E-state index contributed by atoms with van der Waals surface area (Å²) in [4.78, 5) is 5.20. The van der Waals surface area contributed by atoms with E-state index in [1.165, 1.54) is 11.3 Å². The van der Waals surface area contributed by atoms with Gasteiger partial charge in [-0.15, -0.1) is 11.3 Å². The molecule has 0 saturated carbocycles. The Bertz CT molecular complexity index is 449. The minimum absolute atomic E-state index is 0.323. The van der Waals surface area contributed by atoms with Crippen LogP contribution in [0.25, 0.3) is 10.8 Å². The topological polar surface area (TPSA) is 64.9 Å². The van der Waals surface area contributed by atoms with Crippen molar-refractivity contribution in [1.82, 2.24) is 10.1 Å². The van der Waals surface area contributed by atoms with Crippen LogP contribution in [0.3, 0.4) is 0 Å². The molecule has 4 nitrogen and oxygen atoms in total. The number of nitrogens with zero attached hydrogens (tertiary/aromatic N) is 2. The third-order valence-corrected chi connectivity index (χ3v) is 3.30. The van der Waals surface area contributed by atoms with Crippen LogP contribution in [0.5, 0.6) is 0 Å². The Hall–Kier alpha value is -1.36. The van der Waals surface area contributed by atoms with Crippen LogP contribution in [-0.2, 0) is 0 Å². The maximum atomic E-state index is 5.77. The maximum Gasteiger partial charge on any atom is 0.270 e. The normalized spacial score (nSPS) is 12.9. The minimum Gasteiger partial charge on any atom is -0.397 e. The van der Waals surface area contributed by atoms with Gasteiger partial charge in [-0.05, 0) is 17.9 Å². The summed E-state index contributed by atoms with van der Waals surface area (Å²) in [6.45, 7) is 4.17. The van der Waals surface area contributed by atoms with Gasteiger partial charge in [-0.3, -0.25) is 0 Å². The van der Waals surface area contributed by atoms with Gasteiger partial charge in [0.2, 0.25) is 0 Å². The number of nitrogens with two attached hydrogens (primary N) is 1. The van der Waals surface area contributed by atoms with Crippen LogP contribution in [0.1, 0.15) is 32.0 Å². The molecule has 0 bridgehead atoms. The molecule has 1 atom stereocenters. The third-order valence-electron chi connectivity index (χ3n) is 2.38. The van der Waals surface area contributed by atoms with Crippen molar-refractivity contribution in [3.63, 3.8) is 0 Å². The van der Waals surface area contributed by atoms with Gasteiger partial charge in [0.15, 0.2) is 5.82 Å². The summed E-state index contributed by atoms with van der Waals surface area (Å²) in [5, 5.41) is 5.86. The van der Waals surface area contributed by atoms with Crippen molar-refractivity contribution in [3.8, 4) is 10.8 Å². The first-order valence-electron chi connectivity index (χ1n) is 4.89. The van der Waals surface area contributed by atoms with E-state index >= 15 is 0 Å². The highest BCUT2D eigenvalue weighted by Gasteiger charge is 2.15. The molecule has 0 aromatic carbocycles. The van der Waals surface area contributed by atoms with Crippen molar-refractivity contribution in [3.05, 3.63) is 17.3 Å². The molecular weight excluding hydrogens is 210 g/mol. The Morgan fingerprint density at radius 2 is 2.40 bits per heavy atom. The van der Waals surface area contributed by atoms with Crippen LogP contribution in [0.4, 0.5) is 5.69 Å². The second kappa shape index (κ2) is 4.02. The zero-order valence-corrected chi connectivity index (χ0v) is 9.54. The molecule has 2 aromatic heterocycles. The van der Waals surface area contributed by atoms with Gasteiger partial charge < -0.3 is 10.3 Å². The summed E-state index contributed by atoms with van der Waals surface area (Å²) < 4.78 is 5.18. The number of anilines is 1. The minimum atomic E-state index is 0.323. The van der Waals surface area contributed by atoms with E-state index < -0.39 is 0 Å². The van der Waals surface area contributed by atoms with Gasteiger partial charge in [-0.25, -0.2) is 0 Å². The molecule has 0 aliphatic heterocycles. The Kier molecular flexibility index (Phi) is 2.73. The Morgan fingerprint density at radius 3 is 3.00 bits per heavy atom. The molecule has 2 rings (SSSR count). The number of rotatable bonds is 3. The van der Waals surface area contributed by atoms with Crippen LogP contribution in [0.2, 0.25) is 0 Å². The van der Waals surface area contributed by atoms with Crippen LogP contribution in [-0.4, -0.2) is 10.1 Å². The molecule has 0 aliphatic carbocycles. The predicted octanol–water partition coefficient (Wildman–Crippen LogP) is 2.89. The quantitative estimate of drug-likeness (QED) is 0.868. The zero-order chi connectivity index (χ0) is 10.8. The largest absolute Gasteiger partial charge is 0.397 e. The first kappa shape index (κ1) is 10.2. The van der Waals surface area contributed by atoms with E-state index in [1.807, 2.05) is 11.4 Å². The van der Waals surface area contributed by atoms with Crippen molar-refractivity contribution < 1.29 is 4.52 Å². The predicted molar refractivity (Wildman–Crippen MR) is 60.7 cm³/mol. The van der Waals surface area contributed by atoms with Crippen molar-refractivity contribution in [2.75, 3.05) is 5.73 Å². The number of thiophene rings is 1. The second-order valence-electron chi connectivity index (χ2n) is 3.47. The van der Waals surface area contributed by atoms with Gasteiger partial charge in [-0.1, -0.05) is 19.0 Å². The number of aromatic nitrogens is 2. The number of hydrogen-bond acceptors (Lipinski definition) is 5. The van der Waals surface area contributed by atoms with Gasteiger partial charge in [0.25, 0.3) is 5.89 Å². The second-order valence-corrected chi connectivity index (χ2v) is 4.39. The summed E-state index contributed by atoms with van der Waals surface area (Å²) in [5.74, 6) is 1.60. The first-order valence-corrected chi connectivity index (χ1v) is 5.77. The van der Waals surface area contributed by atoms with Crippen molar-refractivity contribution >= 4 is 17.0 Å². The van der Waals surface area contributed by atoms with E-state index in [2.05, 4.69) is 24.0 Å². The molecule has 0 fully saturated rings. The molecule has 2 heterocycles. The van der Waals surface area contributed by atoms with E-state index in [0.717, 1.165) is 17.1 Å². The lowest BCUT2D eigenvalue weighted by Gasteiger charge is -1.98. The molecule has 0 amide bonds. The average molecular weight is 223 g/mol. The third kappa shape index (κ3) is 1.87. The van der Waals surface area contributed by atoms with E-state index in [-0.39, 0.29) is 0 Å². The molecule has 0 spiro atoms. The van der Waals surface area contributed by atoms with E-state index in [4.69, 9.17) is 10.3 Å². The van der Waals surface area contributed by atoms with E-state index in [0.29, 0.717) is 17.5 Å². The van der Waals surface area contributed by atoms with Gasteiger partial charge in [0.1, 0.15) is 4.88 Å². The van der Waals surface area contributed by atoms with E-state index in [9.17, 15) is 0 Å². The fourth-order valence-corrected chi connectivity index (χ4v) is 1.94. The fourth-order valence-electron chi connectivity index (χ4n) is 1.20. The van der Waals surface area contributed by atoms with Gasteiger partial charge >= 0.3 is 0 Å². The van der Waals surface area contributed by atoms with Gasteiger partial charge in [0.05, 0.1) is 5.69 Å². The van der Waals surface area contributed by atoms with Crippen LogP contribution < -0.4 is 5.73 Å². The SMILES string of the molecule is CCC(C)c1noc(-c2sccc2N)n1. The van der Waals surface area contributed by atoms with Crippen LogP contribution in [0.15, 0.2) is 16.0 Å². The van der Waals surface area contributed by atoms with Crippen LogP contribution in [0, 0.1) is 0 Å². The zero-order valence-electron chi connectivity index (χ0n) is 8.73. The molecular formula is C10H13N3OS. The molecule has 80 valence electrons. The molecule has 1 unspecified atom stereocenters. The molecule has 5 heteroatoms.